The fraction of sp³-hybridized carbons (Fsp3) is 0.591. The summed E-state index contributed by atoms with van der Waals surface area (Å²) in [6.45, 7) is 2.29. The van der Waals surface area contributed by atoms with E-state index in [1.807, 2.05) is 0 Å². The lowest BCUT2D eigenvalue weighted by Gasteiger charge is -2.27. The number of phenols is 1. The first-order valence-corrected chi connectivity index (χ1v) is 11.8. The minimum Gasteiger partial charge on any atom is -1.00 e. The first-order chi connectivity index (χ1) is 15.0. The maximum Gasteiger partial charge on any atom is 0.233 e. The van der Waals surface area contributed by atoms with Gasteiger partial charge >= 0.3 is 0 Å². The van der Waals surface area contributed by atoms with Crippen LogP contribution in [0, 0.1) is 0 Å². The molecule has 32 heavy (non-hydrogen) atoms. The monoisotopic (exact) mass is 481 g/mol. The number of benzene rings is 1. The largest absolute Gasteiger partial charge is 1.00 e. The van der Waals surface area contributed by atoms with Crippen LogP contribution in [-0.2, 0) is 0 Å². The van der Waals surface area contributed by atoms with E-state index in [0.717, 1.165) is 38.8 Å². The van der Waals surface area contributed by atoms with Crippen LogP contribution >= 0.6 is 11.6 Å². The molecule has 10 heteroatoms. The smallest absolute Gasteiger partial charge is 0.233 e. The molecular weight excluding hydrogens is 449 g/mol. The van der Waals surface area contributed by atoms with Crippen molar-refractivity contribution in [2.75, 3.05) is 36.1 Å². The number of nitrogens with one attached hydrogen (secondary N) is 4. The van der Waals surface area contributed by atoms with Gasteiger partial charge < -0.3 is 38.4 Å². The van der Waals surface area contributed by atoms with Crippen LogP contribution in [0.3, 0.4) is 0 Å². The minimum atomic E-state index is 0. The molecule has 176 valence electrons. The van der Waals surface area contributed by atoms with Crippen molar-refractivity contribution < 1.29 is 22.4 Å². The summed E-state index contributed by atoms with van der Waals surface area (Å²) in [6, 6.07) is 5.71. The van der Waals surface area contributed by atoms with Crippen LogP contribution in [0.5, 0.6) is 5.75 Å². The lowest BCUT2D eigenvalue weighted by molar-refractivity contribution is -0.884. The van der Waals surface area contributed by atoms with E-state index in [1.165, 1.54) is 25.7 Å². The molecule has 1 saturated heterocycles. The Kier molecular flexibility index (Phi) is 9.02. The molecule has 0 radical (unpaired) electrons. The highest BCUT2D eigenvalue weighted by Gasteiger charge is 2.21. The molecule has 1 aromatic carbocycles. The second kappa shape index (κ2) is 11.7. The van der Waals surface area contributed by atoms with Crippen molar-refractivity contribution in [1.29, 1.82) is 0 Å². The highest BCUT2D eigenvalue weighted by molar-refractivity contribution is 6.32. The van der Waals surface area contributed by atoms with Gasteiger partial charge in [-0.3, -0.25) is 0 Å². The Hall–Kier alpha value is -2.03. The maximum atomic E-state index is 9.68. The van der Waals surface area contributed by atoms with Crippen LogP contribution in [0.25, 0.3) is 0 Å². The Bertz CT molecular complexity index is 869. The Labute approximate surface area is 201 Å². The Morgan fingerprint density at radius 1 is 0.875 bits per heavy atom. The molecule has 4 rings (SSSR count). The molecule has 2 aromatic rings. The van der Waals surface area contributed by atoms with Crippen molar-refractivity contribution in [1.82, 2.24) is 15.0 Å². The number of aromatic hydroxyl groups is 1. The van der Waals surface area contributed by atoms with Crippen LogP contribution in [0.15, 0.2) is 18.2 Å². The summed E-state index contributed by atoms with van der Waals surface area (Å²) < 4.78 is 0. The SMILES string of the molecule is C[NH+]1CCC(Nc2nc(Nc3ccc(O)c(Cl)c3)nc(NC3CCCCCC3)n2)CC1.[Cl-]. The lowest BCUT2D eigenvalue weighted by Crippen LogP contribution is -3.10. The molecule has 2 heterocycles. The van der Waals surface area contributed by atoms with Crippen LogP contribution in [0.1, 0.15) is 51.4 Å². The van der Waals surface area contributed by atoms with E-state index < -0.39 is 0 Å². The number of likely N-dealkylation sites (tertiary alicyclic amines) is 1. The molecule has 1 aliphatic carbocycles. The summed E-state index contributed by atoms with van der Waals surface area (Å²) in [7, 11) is 2.23. The van der Waals surface area contributed by atoms with Gasteiger partial charge in [0.25, 0.3) is 0 Å². The van der Waals surface area contributed by atoms with E-state index in [1.54, 1.807) is 23.1 Å². The third-order valence-electron chi connectivity index (χ3n) is 6.20. The number of nitrogens with zero attached hydrogens (tertiary/aromatic N) is 3. The zero-order valence-electron chi connectivity index (χ0n) is 18.5. The lowest BCUT2D eigenvalue weighted by atomic mass is 10.1. The second-order valence-corrected chi connectivity index (χ2v) is 9.21. The van der Waals surface area contributed by atoms with E-state index in [0.29, 0.717) is 35.6 Å². The Balaban J connectivity index is 0.00000289. The van der Waals surface area contributed by atoms with Crippen molar-refractivity contribution in [3.63, 3.8) is 0 Å². The van der Waals surface area contributed by atoms with Crippen LogP contribution < -0.4 is 33.3 Å². The molecule has 1 saturated carbocycles. The van der Waals surface area contributed by atoms with E-state index in [9.17, 15) is 5.11 Å². The van der Waals surface area contributed by atoms with Crippen molar-refractivity contribution in [3.8, 4) is 5.75 Å². The third kappa shape index (κ3) is 6.98. The van der Waals surface area contributed by atoms with Crippen molar-refractivity contribution in [2.45, 2.75) is 63.5 Å². The summed E-state index contributed by atoms with van der Waals surface area (Å²) in [5, 5.41) is 20.2. The molecular formula is C22H33Cl2N7O. The van der Waals surface area contributed by atoms with Gasteiger partial charge in [-0.25, -0.2) is 0 Å². The van der Waals surface area contributed by atoms with E-state index in [-0.39, 0.29) is 23.2 Å². The number of phenolic OH excluding ortho intramolecular Hbond substituents is 1. The van der Waals surface area contributed by atoms with Gasteiger partial charge in [-0.15, -0.1) is 0 Å². The number of hydrogen-bond donors (Lipinski definition) is 5. The predicted molar refractivity (Wildman–Crippen MR) is 125 cm³/mol. The van der Waals surface area contributed by atoms with Gasteiger partial charge in [-0.2, -0.15) is 15.0 Å². The third-order valence-corrected chi connectivity index (χ3v) is 6.50. The maximum absolute atomic E-state index is 9.68. The van der Waals surface area contributed by atoms with Crippen LogP contribution in [0.4, 0.5) is 23.5 Å². The topological polar surface area (TPSA) is 99.4 Å². The summed E-state index contributed by atoms with van der Waals surface area (Å²) in [5.74, 6) is 1.68. The molecule has 0 unspecified atom stereocenters. The fourth-order valence-electron chi connectivity index (χ4n) is 4.32. The second-order valence-electron chi connectivity index (χ2n) is 8.81. The van der Waals surface area contributed by atoms with Gasteiger partial charge in [0.1, 0.15) is 5.75 Å². The van der Waals surface area contributed by atoms with Crippen molar-refractivity contribution >= 4 is 35.1 Å². The number of hydrogen-bond acceptors (Lipinski definition) is 7. The Morgan fingerprint density at radius 2 is 1.44 bits per heavy atom. The number of quaternary nitrogens is 1. The van der Waals surface area contributed by atoms with E-state index >= 15 is 0 Å². The van der Waals surface area contributed by atoms with Gasteiger partial charge in [0.2, 0.25) is 17.8 Å². The molecule has 1 aliphatic heterocycles. The van der Waals surface area contributed by atoms with E-state index in [4.69, 9.17) is 11.6 Å². The highest BCUT2D eigenvalue weighted by Crippen LogP contribution is 2.28. The first kappa shape index (κ1) is 24.6. The van der Waals surface area contributed by atoms with Crippen LogP contribution in [0.2, 0.25) is 5.02 Å². The Morgan fingerprint density at radius 3 is 2.03 bits per heavy atom. The van der Waals surface area contributed by atoms with Crippen LogP contribution in [-0.4, -0.2) is 52.3 Å². The molecule has 2 aliphatic rings. The number of anilines is 4. The average Bonchev–Trinajstić information content (AvgIpc) is 3.01. The molecule has 1 aromatic heterocycles. The number of rotatable bonds is 6. The molecule has 5 N–H and O–H groups in total. The quantitative estimate of drug-likeness (QED) is 0.297. The summed E-state index contributed by atoms with van der Waals surface area (Å²) >= 11 is 6.06. The van der Waals surface area contributed by atoms with Gasteiger partial charge in [-0.1, -0.05) is 37.3 Å². The molecule has 0 bridgehead atoms. The van der Waals surface area contributed by atoms with Gasteiger partial charge in [-0.05, 0) is 31.0 Å². The van der Waals surface area contributed by atoms with Gasteiger partial charge in [0.05, 0.1) is 25.2 Å². The predicted octanol–water partition coefficient (Wildman–Crippen LogP) is 0.202. The first-order valence-electron chi connectivity index (χ1n) is 11.4. The summed E-state index contributed by atoms with van der Waals surface area (Å²) in [6.07, 6.45) is 9.55. The molecule has 8 nitrogen and oxygen atoms in total. The number of piperidine rings is 1. The molecule has 0 atom stereocenters. The zero-order valence-corrected chi connectivity index (χ0v) is 20.0. The standard InChI is InChI=1S/C22H32ClN7O.ClH/c1-30-12-10-16(11-13-30)25-21-27-20(24-15-6-4-2-3-5-7-15)28-22(29-21)26-17-8-9-19(31)18(23)14-17;/h8-9,14-16,31H,2-7,10-13H2,1H3,(H3,24,25,26,27,28,29);1H. The van der Waals surface area contributed by atoms with Gasteiger partial charge in [0.15, 0.2) is 0 Å². The van der Waals surface area contributed by atoms with Crippen molar-refractivity contribution in [2.24, 2.45) is 0 Å². The normalized spacial score (nSPS) is 21.8. The zero-order chi connectivity index (χ0) is 21.6. The fourth-order valence-corrected chi connectivity index (χ4v) is 4.50. The van der Waals surface area contributed by atoms with Gasteiger partial charge in [0, 0.05) is 30.6 Å². The number of aromatic nitrogens is 3. The molecule has 2 fully saturated rings. The number of halogens is 2. The molecule has 0 spiro atoms. The highest BCUT2D eigenvalue weighted by atomic mass is 35.5. The summed E-state index contributed by atoms with van der Waals surface area (Å²) in [4.78, 5) is 15.5. The van der Waals surface area contributed by atoms with Crippen molar-refractivity contribution in [3.05, 3.63) is 23.2 Å². The van der Waals surface area contributed by atoms with E-state index in [2.05, 4.69) is 37.9 Å². The minimum absolute atomic E-state index is 0. The summed E-state index contributed by atoms with van der Waals surface area (Å²) in [5.41, 5.74) is 0.711. The average molecular weight is 482 g/mol. The molecule has 0 amide bonds.